The molecule has 1 heterocycles. The lowest BCUT2D eigenvalue weighted by molar-refractivity contribution is 0.266. The molecule has 0 amide bonds. The third-order valence-electron chi connectivity index (χ3n) is 5.09. The van der Waals surface area contributed by atoms with Crippen molar-refractivity contribution in [2.75, 3.05) is 18.9 Å². The van der Waals surface area contributed by atoms with E-state index >= 15 is 0 Å². The second-order valence-corrected chi connectivity index (χ2v) is 8.10. The van der Waals surface area contributed by atoms with Crippen molar-refractivity contribution in [2.45, 2.75) is 59.4 Å². The molecule has 0 radical (unpaired) electrons. The Kier molecular flexibility index (Phi) is 7.08. The monoisotopic (exact) mass is 394 g/mol. The largest absolute Gasteiger partial charge is 0.366 e. The van der Waals surface area contributed by atoms with E-state index < -0.39 is 0 Å². The van der Waals surface area contributed by atoms with Gasteiger partial charge in [0.25, 0.3) is 0 Å². The molecule has 1 saturated carbocycles. The van der Waals surface area contributed by atoms with E-state index in [0.29, 0.717) is 6.04 Å². The summed E-state index contributed by atoms with van der Waals surface area (Å²) in [6.07, 6.45) is 6.96. The Labute approximate surface area is 155 Å². The van der Waals surface area contributed by atoms with Crippen LogP contribution in [0.2, 0.25) is 0 Å². The van der Waals surface area contributed by atoms with Gasteiger partial charge in [-0.3, -0.25) is 0 Å². The molecule has 1 N–H and O–H groups in total. The molecule has 134 valence electrons. The van der Waals surface area contributed by atoms with Crippen LogP contribution in [-0.2, 0) is 0 Å². The Morgan fingerprint density at radius 2 is 2.04 bits per heavy atom. The normalized spacial score (nSPS) is 21.5. The lowest BCUT2D eigenvalue weighted by Crippen LogP contribution is -2.28. The maximum absolute atomic E-state index is 4.73. The highest BCUT2D eigenvalue weighted by molar-refractivity contribution is 9.10. The number of aliphatic imine (C=N–C) groups is 1. The SMILES string of the molecule is CCN(C)/C=N/c1cc(Br)c(NC2CCC(C(C)C)CC2)nc1C. The van der Waals surface area contributed by atoms with Crippen LogP contribution >= 0.6 is 15.9 Å². The number of pyridine rings is 1. The van der Waals surface area contributed by atoms with Gasteiger partial charge in [-0.1, -0.05) is 13.8 Å². The predicted octanol–water partition coefficient (Wildman–Crippen LogP) is 5.39. The first-order chi connectivity index (χ1) is 11.4. The minimum Gasteiger partial charge on any atom is -0.366 e. The third kappa shape index (κ3) is 5.20. The number of halogens is 1. The van der Waals surface area contributed by atoms with E-state index in [0.717, 1.165) is 40.1 Å². The predicted molar refractivity (Wildman–Crippen MR) is 107 cm³/mol. The average Bonchev–Trinajstić information content (AvgIpc) is 2.56. The minimum atomic E-state index is 0.531. The molecule has 0 saturated heterocycles. The van der Waals surface area contributed by atoms with Gasteiger partial charge in [0.05, 0.1) is 22.2 Å². The number of nitrogens with one attached hydrogen (secondary N) is 1. The second-order valence-electron chi connectivity index (χ2n) is 7.24. The standard InChI is InChI=1S/C19H31BrN4/c1-6-24(5)12-21-18-11-17(20)19(22-14(18)4)23-16-9-7-15(8-10-16)13(2)3/h11-13,15-16H,6-10H2,1-5H3,(H,22,23)/b21-12+. The van der Waals surface area contributed by atoms with Crippen molar-refractivity contribution >= 4 is 33.8 Å². The zero-order valence-electron chi connectivity index (χ0n) is 15.6. The summed E-state index contributed by atoms with van der Waals surface area (Å²) in [4.78, 5) is 11.3. The van der Waals surface area contributed by atoms with Crippen LogP contribution in [0.3, 0.4) is 0 Å². The zero-order valence-corrected chi connectivity index (χ0v) is 17.2. The molecule has 0 spiro atoms. The van der Waals surface area contributed by atoms with Crippen molar-refractivity contribution < 1.29 is 0 Å². The smallest absolute Gasteiger partial charge is 0.140 e. The van der Waals surface area contributed by atoms with Crippen LogP contribution in [0.1, 0.15) is 52.1 Å². The van der Waals surface area contributed by atoms with Crippen LogP contribution in [0.15, 0.2) is 15.5 Å². The van der Waals surface area contributed by atoms with Crippen LogP contribution in [0.25, 0.3) is 0 Å². The van der Waals surface area contributed by atoms with E-state index in [2.05, 4.69) is 53.1 Å². The summed E-state index contributed by atoms with van der Waals surface area (Å²) in [5.74, 6) is 2.63. The van der Waals surface area contributed by atoms with Crippen LogP contribution < -0.4 is 5.32 Å². The van der Waals surface area contributed by atoms with Crippen molar-refractivity contribution in [2.24, 2.45) is 16.8 Å². The fourth-order valence-electron chi connectivity index (χ4n) is 3.17. The maximum atomic E-state index is 4.73. The molecule has 1 aliphatic carbocycles. The van der Waals surface area contributed by atoms with Gasteiger partial charge >= 0.3 is 0 Å². The maximum Gasteiger partial charge on any atom is 0.140 e. The van der Waals surface area contributed by atoms with E-state index in [1.807, 2.05) is 25.2 Å². The molecule has 5 heteroatoms. The third-order valence-corrected chi connectivity index (χ3v) is 5.69. The van der Waals surface area contributed by atoms with Gasteiger partial charge in [0.15, 0.2) is 0 Å². The lowest BCUT2D eigenvalue weighted by Gasteiger charge is -2.31. The molecule has 0 atom stereocenters. The van der Waals surface area contributed by atoms with E-state index in [1.165, 1.54) is 25.7 Å². The summed E-state index contributed by atoms with van der Waals surface area (Å²) in [5.41, 5.74) is 1.87. The van der Waals surface area contributed by atoms with Gasteiger partial charge < -0.3 is 10.2 Å². The number of hydrogen-bond donors (Lipinski definition) is 1. The lowest BCUT2D eigenvalue weighted by atomic mass is 9.80. The number of anilines is 1. The average molecular weight is 395 g/mol. The van der Waals surface area contributed by atoms with Crippen molar-refractivity contribution in [1.29, 1.82) is 0 Å². The van der Waals surface area contributed by atoms with E-state index in [4.69, 9.17) is 4.98 Å². The number of nitrogens with zero attached hydrogens (tertiary/aromatic N) is 3. The van der Waals surface area contributed by atoms with Gasteiger partial charge in [0, 0.05) is 19.6 Å². The van der Waals surface area contributed by atoms with Crippen molar-refractivity contribution in [3.63, 3.8) is 0 Å². The van der Waals surface area contributed by atoms with Gasteiger partial charge in [-0.25, -0.2) is 9.98 Å². The summed E-state index contributed by atoms with van der Waals surface area (Å²) < 4.78 is 0.991. The Morgan fingerprint density at radius 1 is 1.38 bits per heavy atom. The van der Waals surface area contributed by atoms with Gasteiger partial charge in [0.1, 0.15) is 5.82 Å². The molecule has 4 nitrogen and oxygen atoms in total. The molecule has 24 heavy (non-hydrogen) atoms. The van der Waals surface area contributed by atoms with Crippen LogP contribution in [0.4, 0.5) is 11.5 Å². The molecule has 2 rings (SSSR count). The number of aromatic nitrogens is 1. The summed E-state index contributed by atoms with van der Waals surface area (Å²) in [7, 11) is 2.02. The van der Waals surface area contributed by atoms with E-state index in [9.17, 15) is 0 Å². The van der Waals surface area contributed by atoms with Gasteiger partial charge in [-0.05, 0) is 73.4 Å². The Hall–Kier alpha value is -1.10. The molecule has 0 bridgehead atoms. The fourth-order valence-corrected chi connectivity index (χ4v) is 3.59. The summed E-state index contributed by atoms with van der Waals surface area (Å²) in [6.45, 7) is 9.75. The van der Waals surface area contributed by atoms with E-state index in [-0.39, 0.29) is 0 Å². The number of aryl methyl sites for hydroxylation is 1. The minimum absolute atomic E-state index is 0.531. The molecular formula is C19H31BrN4. The highest BCUT2D eigenvalue weighted by Crippen LogP contribution is 2.33. The second kappa shape index (κ2) is 8.84. The highest BCUT2D eigenvalue weighted by Gasteiger charge is 2.23. The quantitative estimate of drug-likeness (QED) is 0.519. The van der Waals surface area contributed by atoms with Gasteiger partial charge in [0.2, 0.25) is 0 Å². The number of rotatable bonds is 6. The first-order valence-electron chi connectivity index (χ1n) is 9.08. The number of hydrogen-bond acceptors (Lipinski definition) is 3. The summed E-state index contributed by atoms with van der Waals surface area (Å²) in [6, 6.07) is 2.59. The van der Waals surface area contributed by atoms with Crippen molar-refractivity contribution in [3.05, 3.63) is 16.2 Å². The zero-order chi connectivity index (χ0) is 17.7. The molecule has 1 aromatic heterocycles. The Morgan fingerprint density at radius 3 is 2.62 bits per heavy atom. The molecule has 0 unspecified atom stereocenters. The van der Waals surface area contributed by atoms with E-state index in [1.54, 1.807) is 0 Å². The van der Waals surface area contributed by atoms with Crippen LogP contribution in [0.5, 0.6) is 0 Å². The topological polar surface area (TPSA) is 40.5 Å². The summed E-state index contributed by atoms with van der Waals surface area (Å²) in [5, 5.41) is 3.63. The van der Waals surface area contributed by atoms with Gasteiger partial charge in [-0.2, -0.15) is 0 Å². The van der Waals surface area contributed by atoms with Crippen molar-refractivity contribution in [1.82, 2.24) is 9.88 Å². The Balaban J connectivity index is 2.02. The molecule has 1 aromatic rings. The molecule has 1 fully saturated rings. The molecule has 0 aliphatic heterocycles. The Bertz CT molecular complexity index is 563. The first-order valence-corrected chi connectivity index (χ1v) is 9.88. The van der Waals surface area contributed by atoms with Gasteiger partial charge in [-0.15, -0.1) is 0 Å². The van der Waals surface area contributed by atoms with Crippen LogP contribution in [-0.4, -0.2) is 35.9 Å². The van der Waals surface area contributed by atoms with Crippen molar-refractivity contribution in [3.8, 4) is 0 Å². The fraction of sp³-hybridized carbons (Fsp3) is 0.684. The molecular weight excluding hydrogens is 364 g/mol. The van der Waals surface area contributed by atoms with Crippen LogP contribution in [0, 0.1) is 18.8 Å². The first kappa shape index (κ1) is 19.2. The molecule has 1 aliphatic rings. The highest BCUT2D eigenvalue weighted by atomic mass is 79.9. The summed E-state index contributed by atoms with van der Waals surface area (Å²) >= 11 is 3.65. The molecule has 0 aromatic carbocycles.